The zero-order valence-electron chi connectivity index (χ0n) is 14.6. The van der Waals surface area contributed by atoms with Gasteiger partial charge < -0.3 is 1.43 Å². The number of benzene rings is 1. The molecule has 4 rings (SSSR count). The minimum absolute atomic E-state index is 0. The standard InChI is InChI=1S/C20H20Si.Li.H/c1-21(2,18-13-16-8-3-4-9-17(16)14-18)20-12-11-15-7-5-6-10-19(15)20;;/h3-14,16,20H,1-2H3;;/q;+1;-1. The van der Waals surface area contributed by atoms with E-state index in [1.54, 1.807) is 5.20 Å². The Morgan fingerprint density at radius 3 is 2.64 bits per heavy atom. The summed E-state index contributed by atoms with van der Waals surface area (Å²) in [4.78, 5) is 0. The molecule has 1 aromatic rings. The van der Waals surface area contributed by atoms with Gasteiger partial charge in [0.15, 0.2) is 0 Å². The van der Waals surface area contributed by atoms with Gasteiger partial charge in [0.05, 0.1) is 8.07 Å². The molecule has 0 heterocycles. The number of hydrogen-bond donors (Lipinski definition) is 0. The van der Waals surface area contributed by atoms with Gasteiger partial charge in [0.1, 0.15) is 0 Å². The number of fused-ring (bicyclic) bond motifs is 2. The molecule has 0 bridgehead atoms. The van der Waals surface area contributed by atoms with Crippen molar-refractivity contribution >= 4 is 14.1 Å². The van der Waals surface area contributed by atoms with Crippen LogP contribution in [0.1, 0.15) is 18.1 Å². The van der Waals surface area contributed by atoms with Crippen LogP contribution in [0.4, 0.5) is 0 Å². The van der Waals surface area contributed by atoms with Crippen LogP contribution in [0, 0.1) is 5.92 Å². The van der Waals surface area contributed by atoms with Crippen LogP contribution < -0.4 is 18.9 Å². The molecule has 0 fully saturated rings. The van der Waals surface area contributed by atoms with Crippen LogP contribution in [-0.4, -0.2) is 8.07 Å². The fourth-order valence-corrected chi connectivity index (χ4v) is 6.87. The third-order valence-electron chi connectivity index (χ3n) is 5.11. The first-order valence-corrected chi connectivity index (χ1v) is 10.8. The van der Waals surface area contributed by atoms with Gasteiger partial charge in [0.2, 0.25) is 0 Å². The van der Waals surface area contributed by atoms with Crippen molar-refractivity contribution in [1.29, 1.82) is 0 Å². The van der Waals surface area contributed by atoms with Crippen LogP contribution in [0.3, 0.4) is 0 Å². The molecule has 0 spiro atoms. The Bertz CT molecular complexity index is 753. The van der Waals surface area contributed by atoms with Gasteiger partial charge in [-0.05, 0) is 16.7 Å². The average Bonchev–Trinajstić information content (AvgIpc) is 3.11. The van der Waals surface area contributed by atoms with Crippen LogP contribution in [0.25, 0.3) is 6.08 Å². The van der Waals surface area contributed by atoms with E-state index in [1.807, 2.05) is 0 Å². The number of allylic oxidation sites excluding steroid dienone is 9. The zero-order chi connectivity index (χ0) is 14.4. The van der Waals surface area contributed by atoms with Crippen LogP contribution in [0.5, 0.6) is 0 Å². The zero-order valence-corrected chi connectivity index (χ0v) is 14.6. The Labute approximate surface area is 147 Å². The largest absolute Gasteiger partial charge is 1.00 e. The quantitative estimate of drug-likeness (QED) is 0.735. The second-order valence-corrected chi connectivity index (χ2v) is 11.4. The predicted molar refractivity (Wildman–Crippen MR) is 94.7 cm³/mol. The molecule has 0 aromatic heterocycles. The molecular formula is C20H21LiSi. The summed E-state index contributed by atoms with van der Waals surface area (Å²) >= 11 is 0. The summed E-state index contributed by atoms with van der Waals surface area (Å²) in [6.07, 6.45) is 18.6. The Kier molecular flexibility index (Phi) is 4.08. The maximum atomic E-state index is 2.51. The molecule has 0 N–H and O–H groups in total. The van der Waals surface area contributed by atoms with Crippen LogP contribution in [-0.2, 0) is 0 Å². The molecule has 3 aliphatic carbocycles. The van der Waals surface area contributed by atoms with Crippen LogP contribution in [0.2, 0.25) is 13.1 Å². The summed E-state index contributed by atoms with van der Waals surface area (Å²) < 4.78 is 0. The van der Waals surface area contributed by atoms with Crippen molar-refractivity contribution in [2.75, 3.05) is 0 Å². The van der Waals surface area contributed by atoms with Crippen molar-refractivity contribution in [3.8, 4) is 0 Å². The van der Waals surface area contributed by atoms with Crippen molar-refractivity contribution in [2.24, 2.45) is 5.92 Å². The van der Waals surface area contributed by atoms with E-state index in [0.717, 1.165) is 0 Å². The Balaban J connectivity index is 0.000000960. The van der Waals surface area contributed by atoms with E-state index >= 15 is 0 Å². The van der Waals surface area contributed by atoms with Crippen LogP contribution >= 0.6 is 0 Å². The summed E-state index contributed by atoms with van der Waals surface area (Å²) in [7, 11) is -1.55. The molecule has 2 atom stereocenters. The molecule has 106 valence electrons. The molecule has 2 unspecified atom stereocenters. The predicted octanol–water partition coefficient (Wildman–Crippen LogP) is 2.31. The number of rotatable bonds is 2. The summed E-state index contributed by atoms with van der Waals surface area (Å²) in [6.45, 7) is 5.02. The van der Waals surface area contributed by atoms with E-state index in [4.69, 9.17) is 0 Å². The Morgan fingerprint density at radius 2 is 1.82 bits per heavy atom. The maximum absolute atomic E-state index is 2.51. The molecule has 1 aromatic carbocycles. The number of hydrogen-bond acceptors (Lipinski definition) is 0. The van der Waals surface area contributed by atoms with Crippen molar-refractivity contribution in [1.82, 2.24) is 0 Å². The van der Waals surface area contributed by atoms with E-state index in [-0.39, 0.29) is 20.3 Å². The minimum Gasteiger partial charge on any atom is -1.00 e. The van der Waals surface area contributed by atoms with E-state index in [1.165, 1.54) is 16.7 Å². The van der Waals surface area contributed by atoms with Gasteiger partial charge in [-0.2, -0.15) is 0 Å². The first-order valence-electron chi connectivity index (χ1n) is 7.72. The summed E-state index contributed by atoms with van der Waals surface area (Å²) in [5.74, 6) is 0.511. The van der Waals surface area contributed by atoms with E-state index in [9.17, 15) is 0 Å². The molecule has 0 amide bonds. The van der Waals surface area contributed by atoms with E-state index < -0.39 is 8.07 Å². The Hall–Kier alpha value is -1.27. The van der Waals surface area contributed by atoms with Crippen molar-refractivity contribution in [3.63, 3.8) is 0 Å². The van der Waals surface area contributed by atoms with Gasteiger partial charge in [-0.3, -0.25) is 0 Å². The maximum Gasteiger partial charge on any atom is 1.00 e. The second kappa shape index (κ2) is 5.74. The van der Waals surface area contributed by atoms with Gasteiger partial charge in [-0.25, -0.2) is 0 Å². The van der Waals surface area contributed by atoms with Gasteiger partial charge in [0.25, 0.3) is 0 Å². The minimum atomic E-state index is -1.55. The molecule has 0 aliphatic heterocycles. The molecule has 2 heteroatoms. The molecule has 22 heavy (non-hydrogen) atoms. The molecular weight excluding hydrogens is 275 g/mol. The van der Waals surface area contributed by atoms with Gasteiger partial charge in [0, 0.05) is 11.5 Å². The summed E-state index contributed by atoms with van der Waals surface area (Å²) in [6, 6.07) is 8.87. The molecule has 3 aliphatic rings. The SMILES string of the molecule is C[Si](C)(C1=CC2C=CC=CC2=C1)C1C=Cc2ccccc21.[H-].[Li+]. The first-order chi connectivity index (χ1) is 10.2. The third-order valence-corrected chi connectivity index (χ3v) is 8.96. The third kappa shape index (κ3) is 2.38. The van der Waals surface area contributed by atoms with Crippen molar-refractivity contribution in [2.45, 2.75) is 18.6 Å². The van der Waals surface area contributed by atoms with Gasteiger partial charge in [-0.1, -0.05) is 91.2 Å². The van der Waals surface area contributed by atoms with Gasteiger partial charge in [-0.15, -0.1) is 0 Å². The normalized spacial score (nSPS) is 24.5. The smallest absolute Gasteiger partial charge is 1.00 e. The monoisotopic (exact) mass is 296 g/mol. The first kappa shape index (κ1) is 15.6. The fourth-order valence-electron chi connectivity index (χ4n) is 3.75. The second-order valence-electron chi connectivity index (χ2n) is 6.72. The average molecular weight is 296 g/mol. The van der Waals surface area contributed by atoms with E-state index in [0.29, 0.717) is 11.5 Å². The summed E-state index contributed by atoms with van der Waals surface area (Å²) in [5.41, 5.74) is 4.99. The fraction of sp³-hybridized carbons (Fsp3) is 0.200. The topological polar surface area (TPSA) is 0 Å². The molecule has 0 radical (unpaired) electrons. The molecule has 0 nitrogen and oxygen atoms in total. The van der Waals surface area contributed by atoms with Crippen LogP contribution in [0.15, 0.2) is 77.6 Å². The summed E-state index contributed by atoms with van der Waals surface area (Å²) in [5, 5.41) is 1.60. The Morgan fingerprint density at radius 1 is 1.00 bits per heavy atom. The van der Waals surface area contributed by atoms with Crippen molar-refractivity contribution in [3.05, 3.63) is 88.7 Å². The van der Waals surface area contributed by atoms with E-state index in [2.05, 4.69) is 86.0 Å². The molecule has 0 saturated carbocycles. The van der Waals surface area contributed by atoms with Crippen molar-refractivity contribution < 1.29 is 20.3 Å². The van der Waals surface area contributed by atoms with Gasteiger partial charge >= 0.3 is 18.9 Å². The molecule has 0 saturated heterocycles.